The third-order valence-electron chi connectivity index (χ3n) is 3.41. The van der Waals surface area contributed by atoms with Crippen molar-refractivity contribution in [1.29, 1.82) is 0 Å². The van der Waals surface area contributed by atoms with Gasteiger partial charge in [-0.15, -0.1) is 0 Å². The molecule has 1 aliphatic rings. The van der Waals surface area contributed by atoms with Gasteiger partial charge in [0.2, 0.25) is 10.0 Å². The van der Waals surface area contributed by atoms with Crippen LogP contribution in [0.2, 0.25) is 0 Å². The van der Waals surface area contributed by atoms with E-state index >= 15 is 0 Å². The van der Waals surface area contributed by atoms with Crippen LogP contribution in [0.4, 0.5) is 0 Å². The van der Waals surface area contributed by atoms with E-state index in [-0.39, 0.29) is 17.6 Å². The lowest BCUT2D eigenvalue weighted by molar-refractivity contribution is 0.186. The number of rotatable bonds is 5. The van der Waals surface area contributed by atoms with Crippen molar-refractivity contribution in [1.82, 2.24) is 4.31 Å². The maximum absolute atomic E-state index is 12.5. The van der Waals surface area contributed by atoms with Gasteiger partial charge < -0.3 is 10.8 Å². The van der Waals surface area contributed by atoms with Gasteiger partial charge in [-0.1, -0.05) is 32.0 Å². The highest BCUT2D eigenvalue weighted by atomic mass is 32.2. The second kappa shape index (κ2) is 6.79. The molecule has 7 heteroatoms. The van der Waals surface area contributed by atoms with E-state index in [2.05, 4.69) is 0 Å². The Labute approximate surface area is 114 Å². The molecule has 1 saturated heterocycles. The van der Waals surface area contributed by atoms with Crippen LogP contribution in [0.15, 0.2) is 0 Å². The van der Waals surface area contributed by atoms with Crippen molar-refractivity contribution in [2.24, 2.45) is 5.73 Å². The van der Waals surface area contributed by atoms with Crippen LogP contribution in [-0.2, 0) is 10.0 Å². The Hall–Kier alpha value is -0.240. The average molecular weight is 294 g/mol. The summed E-state index contributed by atoms with van der Waals surface area (Å²) in [5.74, 6) is 0. The third-order valence-corrected chi connectivity index (χ3v) is 6.28. The van der Waals surface area contributed by atoms with Crippen molar-refractivity contribution in [3.8, 4) is 0 Å². The summed E-state index contributed by atoms with van der Waals surface area (Å²) < 4.78 is 26.5. The smallest absolute Gasteiger partial charge is 0.223 e. The summed E-state index contributed by atoms with van der Waals surface area (Å²) >= 11 is 4.85. The fourth-order valence-corrected chi connectivity index (χ4v) is 4.93. The van der Waals surface area contributed by atoms with Crippen LogP contribution in [-0.4, -0.2) is 47.3 Å². The first-order chi connectivity index (χ1) is 8.45. The summed E-state index contributed by atoms with van der Waals surface area (Å²) in [6, 6.07) is -0.333. The Morgan fingerprint density at radius 2 is 2.17 bits per heavy atom. The van der Waals surface area contributed by atoms with Gasteiger partial charge in [0, 0.05) is 12.6 Å². The first-order valence-corrected chi connectivity index (χ1v) is 8.27. The van der Waals surface area contributed by atoms with Crippen LogP contribution in [0.3, 0.4) is 0 Å². The van der Waals surface area contributed by atoms with E-state index in [1.807, 2.05) is 0 Å². The molecule has 106 valence electrons. The Bertz CT molecular complexity index is 384. The lowest BCUT2D eigenvalue weighted by atomic mass is 10.1. The zero-order valence-electron chi connectivity index (χ0n) is 10.7. The Morgan fingerprint density at radius 3 is 2.67 bits per heavy atom. The van der Waals surface area contributed by atoms with E-state index in [0.717, 1.165) is 19.3 Å². The van der Waals surface area contributed by atoms with Gasteiger partial charge in [0.25, 0.3) is 0 Å². The largest absolute Gasteiger partial charge is 0.395 e. The Morgan fingerprint density at radius 1 is 1.50 bits per heavy atom. The number of hydrogen-bond donors (Lipinski definition) is 2. The van der Waals surface area contributed by atoms with Gasteiger partial charge in [-0.2, -0.15) is 4.31 Å². The van der Waals surface area contributed by atoms with Gasteiger partial charge >= 0.3 is 0 Å². The summed E-state index contributed by atoms with van der Waals surface area (Å²) in [7, 11) is -3.55. The zero-order chi connectivity index (χ0) is 13.8. The van der Waals surface area contributed by atoms with Crippen molar-refractivity contribution in [3.05, 3.63) is 0 Å². The van der Waals surface area contributed by atoms with Crippen molar-refractivity contribution < 1.29 is 13.5 Å². The minimum absolute atomic E-state index is 0.0124. The van der Waals surface area contributed by atoms with Crippen LogP contribution < -0.4 is 5.73 Å². The molecule has 0 aromatic rings. The van der Waals surface area contributed by atoms with Crippen LogP contribution >= 0.6 is 12.2 Å². The number of nitrogens with zero attached hydrogens (tertiary/aromatic N) is 1. The molecule has 5 nitrogen and oxygen atoms in total. The quantitative estimate of drug-likeness (QED) is 0.726. The zero-order valence-corrected chi connectivity index (χ0v) is 12.3. The molecule has 0 aromatic carbocycles. The highest BCUT2D eigenvalue weighted by molar-refractivity contribution is 7.92. The monoisotopic (exact) mass is 294 g/mol. The fraction of sp³-hybridized carbons (Fsp3) is 0.909. The number of hydrogen-bond acceptors (Lipinski definition) is 4. The number of aliphatic hydroxyl groups is 1. The van der Waals surface area contributed by atoms with Crippen molar-refractivity contribution >= 4 is 27.2 Å². The minimum atomic E-state index is -3.55. The van der Waals surface area contributed by atoms with E-state index in [9.17, 15) is 13.5 Å². The minimum Gasteiger partial charge on any atom is -0.395 e. The summed E-state index contributed by atoms with van der Waals surface area (Å²) in [6.07, 6.45) is 3.83. The number of sulfonamides is 1. The maximum atomic E-state index is 12.5. The number of aliphatic hydroxyl groups excluding tert-OH is 1. The maximum Gasteiger partial charge on any atom is 0.223 e. The second-order valence-corrected chi connectivity index (χ2v) is 7.18. The van der Waals surface area contributed by atoms with E-state index < -0.39 is 15.3 Å². The average Bonchev–Trinajstić information content (AvgIpc) is 2.53. The summed E-state index contributed by atoms with van der Waals surface area (Å²) in [5.41, 5.74) is 5.53. The molecule has 18 heavy (non-hydrogen) atoms. The van der Waals surface area contributed by atoms with E-state index in [0.29, 0.717) is 19.4 Å². The third kappa shape index (κ3) is 3.40. The summed E-state index contributed by atoms with van der Waals surface area (Å²) in [6.45, 7) is 2.06. The Balaban J connectivity index is 3.02. The molecule has 1 fully saturated rings. The number of nitrogens with two attached hydrogens (primary N) is 1. The molecule has 2 unspecified atom stereocenters. The molecule has 0 saturated carbocycles. The van der Waals surface area contributed by atoms with Crippen molar-refractivity contribution in [2.75, 3.05) is 13.2 Å². The van der Waals surface area contributed by atoms with Crippen molar-refractivity contribution in [2.45, 2.75) is 50.3 Å². The SMILES string of the molecule is CCC(C(N)=S)S(=O)(=O)N1CCCCCC1CO. The molecule has 0 spiro atoms. The molecule has 0 amide bonds. The van der Waals surface area contributed by atoms with Gasteiger partial charge in [-0.3, -0.25) is 0 Å². The first-order valence-electron chi connectivity index (χ1n) is 6.36. The van der Waals surface area contributed by atoms with E-state index in [1.165, 1.54) is 4.31 Å². The normalized spacial score (nSPS) is 24.4. The van der Waals surface area contributed by atoms with Gasteiger partial charge in [0.15, 0.2) is 0 Å². The molecule has 0 radical (unpaired) electrons. The summed E-state index contributed by atoms with van der Waals surface area (Å²) in [4.78, 5) is 0.0124. The van der Waals surface area contributed by atoms with Crippen LogP contribution in [0, 0.1) is 0 Å². The molecule has 3 N–H and O–H groups in total. The van der Waals surface area contributed by atoms with Gasteiger partial charge in [-0.05, 0) is 19.3 Å². The molecular formula is C11H22N2O3S2. The van der Waals surface area contributed by atoms with Crippen LogP contribution in [0.1, 0.15) is 39.0 Å². The topological polar surface area (TPSA) is 83.6 Å². The molecule has 1 heterocycles. The molecule has 0 aliphatic carbocycles. The van der Waals surface area contributed by atoms with E-state index in [4.69, 9.17) is 18.0 Å². The fourth-order valence-electron chi connectivity index (χ4n) is 2.39. The first kappa shape index (κ1) is 15.8. The number of thiocarbonyl (C=S) groups is 1. The Kier molecular flexibility index (Phi) is 5.97. The molecule has 1 aliphatic heterocycles. The second-order valence-electron chi connectivity index (χ2n) is 4.64. The molecule has 0 aromatic heterocycles. The van der Waals surface area contributed by atoms with Crippen LogP contribution in [0.25, 0.3) is 0 Å². The van der Waals surface area contributed by atoms with E-state index in [1.54, 1.807) is 6.92 Å². The predicted octanol–water partition coefficient (Wildman–Crippen LogP) is 0.618. The lowest BCUT2D eigenvalue weighted by Crippen LogP contribution is -2.49. The predicted molar refractivity (Wildman–Crippen MR) is 75.8 cm³/mol. The highest BCUT2D eigenvalue weighted by Crippen LogP contribution is 2.23. The highest BCUT2D eigenvalue weighted by Gasteiger charge is 2.37. The molecular weight excluding hydrogens is 272 g/mol. The lowest BCUT2D eigenvalue weighted by Gasteiger charge is -2.31. The standard InChI is InChI=1S/C11H22N2O3S2/c1-2-10(11(12)17)18(15,16)13-7-5-3-4-6-9(13)8-14/h9-10,14H,2-8H2,1H3,(H2,12,17). The van der Waals surface area contributed by atoms with Gasteiger partial charge in [0.1, 0.15) is 5.25 Å². The van der Waals surface area contributed by atoms with Gasteiger partial charge in [0.05, 0.1) is 11.6 Å². The molecule has 1 rings (SSSR count). The van der Waals surface area contributed by atoms with Crippen molar-refractivity contribution in [3.63, 3.8) is 0 Å². The van der Waals surface area contributed by atoms with Crippen LogP contribution in [0.5, 0.6) is 0 Å². The van der Waals surface area contributed by atoms with Gasteiger partial charge in [-0.25, -0.2) is 8.42 Å². The molecule has 2 atom stereocenters. The summed E-state index contributed by atoms with van der Waals surface area (Å²) in [5, 5.41) is 8.55. The molecule has 0 bridgehead atoms.